The number of fused-ring (bicyclic) bond motifs is 2. The molecule has 6 heteroatoms. The number of amides is 1. The van der Waals surface area contributed by atoms with Gasteiger partial charge < -0.3 is 15.4 Å². The standard InChI is InChI=1S/C21H25N3O2S/c1-3-13(12-22)14-7-9-24-19(10-14)20(27-21(24)25)16-6-8-23-18-5-4-15(26-2)11-17(16)18/h3-6,8,11,13-14,19-20H,1,7,9-10,12,22H2,2H3/t13-,14-,19-,20+/m0/s1. The van der Waals surface area contributed by atoms with E-state index in [0.717, 1.165) is 41.6 Å². The molecule has 1 aromatic carbocycles. The summed E-state index contributed by atoms with van der Waals surface area (Å²) in [7, 11) is 1.67. The number of hydrogen-bond donors (Lipinski definition) is 1. The quantitative estimate of drug-likeness (QED) is 0.791. The Bertz CT molecular complexity index is 872. The topological polar surface area (TPSA) is 68.5 Å². The van der Waals surface area contributed by atoms with Crippen molar-refractivity contribution in [2.45, 2.75) is 24.1 Å². The van der Waals surface area contributed by atoms with Crippen LogP contribution in [0.3, 0.4) is 0 Å². The van der Waals surface area contributed by atoms with Crippen LogP contribution in [0.5, 0.6) is 5.75 Å². The van der Waals surface area contributed by atoms with Gasteiger partial charge in [-0.25, -0.2) is 0 Å². The lowest BCUT2D eigenvalue weighted by atomic mass is 9.79. The molecule has 2 aliphatic rings. The minimum absolute atomic E-state index is 0.0983. The third-order valence-corrected chi connectivity index (χ3v) is 7.22. The van der Waals surface area contributed by atoms with Crippen molar-refractivity contribution in [3.8, 4) is 5.75 Å². The number of methoxy groups -OCH3 is 1. The van der Waals surface area contributed by atoms with Gasteiger partial charge in [-0.1, -0.05) is 17.8 Å². The van der Waals surface area contributed by atoms with Crippen molar-refractivity contribution in [1.82, 2.24) is 9.88 Å². The van der Waals surface area contributed by atoms with Gasteiger partial charge in [0.15, 0.2) is 0 Å². The van der Waals surface area contributed by atoms with Crippen LogP contribution in [-0.2, 0) is 0 Å². The van der Waals surface area contributed by atoms with Gasteiger partial charge in [0, 0.05) is 24.2 Å². The normalized spacial score (nSPS) is 26.1. The fraction of sp³-hybridized carbons (Fsp3) is 0.429. The van der Waals surface area contributed by atoms with Gasteiger partial charge in [-0.2, -0.15) is 0 Å². The minimum atomic E-state index is 0.0983. The van der Waals surface area contributed by atoms with Crippen LogP contribution in [0.2, 0.25) is 0 Å². The number of nitrogens with zero attached hydrogens (tertiary/aromatic N) is 2. The summed E-state index contributed by atoms with van der Waals surface area (Å²) in [6.45, 7) is 5.37. The summed E-state index contributed by atoms with van der Waals surface area (Å²) in [5, 5.41) is 1.34. The zero-order valence-corrected chi connectivity index (χ0v) is 16.3. The Kier molecular flexibility index (Phi) is 5.10. The second kappa shape index (κ2) is 7.52. The molecule has 5 nitrogen and oxygen atoms in total. The molecule has 2 N–H and O–H groups in total. The summed E-state index contributed by atoms with van der Waals surface area (Å²) < 4.78 is 5.41. The van der Waals surface area contributed by atoms with Gasteiger partial charge in [-0.15, -0.1) is 6.58 Å². The van der Waals surface area contributed by atoms with Crippen molar-refractivity contribution in [2.24, 2.45) is 17.6 Å². The minimum Gasteiger partial charge on any atom is -0.497 e. The van der Waals surface area contributed by atoms with E-state index in [9.17, 15) is 4.79 Å². The molecule has 2 aliphatic heterocycles. The van der Waals surface area contributed by atoms with E-state index in [2.05, 4.69) is 16.5 Å². The van der Waals surface area contributed by atoms with Crippen LogP contribution < -0.4 is 10.5 Å². The van der Waals surface area contributed by atoms with E-state index < -0.39 is 0 Å². The average molecular weight is 384 g/mol. The van der Waals surface area contributed by atoms with E-state index in [1.807, 2.05) is 36.5 Å². The third-order valence-electron chi connectivity index (χ3n) is 5.97. The second-order valence-electron chi connectivity index (χ2n) is 7.27. The van der Waals surface area contributed by atoms with Crippen molar-refractivity contribution in [2.75, 3.05) is 20.2 Å². The predicted octanol–water partition coefficient (Wildman–Crippen LogP) is 3.99. The molecule has 3 heterocycles. The maximum atomic E-state index is 12.7. The molecule has 0 aliphatic carbocycles. The highest BCUT2D eigenvalue weighted by Crippen LogP contribution is 2.50. The van der Waals surface area contributed by atoms with E-state index in [0.29, 0.717) is 18.4 Å². The molecule has 0 spiro atoms. The monoisotopic (exact) mass is 383 g/mol. The molecule has 1 aromatic heterocycles. The van der Waals surface area contributed by atoms with E-state index >= 15 is 0 Å². The zero-order valence-electron chi connectivity index (χ0n) is 15.5. The van der Waals surface area contributed by atoms with Gasteiger partial charge in [0.1, 0.15) is 5.75 Å². The van der Waals surface area contributed by atoms with Crippen LogP contribution in [0.25, 0.3) is 10.9 Å². The summed E-state index contributed by atoms with van der Waals surface area (Å²) in [5.74, 6) is 1.59. The number of aromatic nitrogens is 1. The maximum absolute atomic E-state index is 12.7. The highest BCUT2D eigenvalue weighted by Gasteiger charge is 2.46. The van der Waals surface area contributed by atoms with Gasteiger partial charge in [-0.05, 0) is 61.1 Å². The molecule has 1 amide bonds. The molecule has 2 fully saturated rings. The van der Waals surface area contributed by atoms with E-state index in [4.69, 9.17) is 10.5 Å². The largest absolute Gasteiger partial charge is 0.497 e. The van der Waals surface area contributed by atoms with E-state index in [-0.39, 0.29) is 16.5 Å². The molecule has 4 atom stereocenters. The van der Waals surface area contributed by atoms with Crippen molar-refractivity contribution in [3.05, 3.63) is 48.7 Å². The number of rotatable bonds is 5. The number of nitrogens with two attached hydrogens (primary N) is 1. The number of ether oxygens (including phenoxy) is 1. The first kappa shape index (κ1) is 18.3. The summed E-state index contributed by atoms with van der Waals surface area (Å²) in [6, 6.07) is 8.16. The number of carbonyl (C=O) groups is 1. The van der Waals surface area contributed by atoms with Gasteiger partial charge in [0.05, 0.1) is 17.9 Å². The Labute approximate surface area is 164 Å². The highest BCUT2D eigenvalue weighted by atomic mass is 32.2. The van der Waals surface area contributed by atoms with Gasteiger partial charge in [0.2, 0.25) is 0 Å². The molecule has 4 rings (SSSR count). The van der Waals surface area contributed by atoms with Crippen LogP contribution in [0, 0.1) is 11.8 Å². The molecule has 27 heavy (non-hydrogen) atoms. The molecule has 0 unspecified atom stereocenters. The van der Waals surface area contributed by atoms with Gasteiger partial charge in [-0.3, -0.25) is 9.78 Å². The van der Waals surface area contributed by atoms with Crippen molar-refractivity contribution < 1.29 is 9.53 Å². The second-order valence-corrected chi connectivity index (χ2v) is 8.36. The van der Waals surface area contributed by atoms with Crippen LogP contribution in [0.4, 0.5) is 4.79 Å². The predicted molar refractivity (Wildman–Crippen MR) is 110 cm³/mol. The SMILES string of the molecule is C=C[C@@H](CN)[C@H]1CCN2C(=O)S[C@H](c3ccnc4ccc(OC)cc34)[C@@H]2C1. The molecular weight excluding hydrogens is 358 g/mol. The Hall–Kier alpha value is -2.05. The first-order valence-electron chi connectivity index (χ1n) is 9.38. The number of hydrogen-bond acceptors (Lipinski definition) is 5. The summed E-state index contributed by atoms with van der Waals surface area (Å²) in [5.41, 5.74) is 8.04. The van der Waals surface area contributed by atoms with Crippen LogP contribution in [-0.4, -0.2) is 41.4 Å². The lowest BCUT2D eigenvalue weighted by Crippen LogP contribution is -2.44. The maximum Gasteiger partial charge on any atom is 0.282 e. The van der Waals surface area contributed by atoms with Crippen LogP contribution in [0.15, 0.2) is 43.1 Å². The van der Waals surface area contributed by atoms with Crippen molar-refractivity contribution in [3.63, 3.8) is 0 Å². The molecule has 0 saturated carbocycles. The fourth-order valence-electron chi connectivity index (χ4n) is 4.46. The Morgan fingerprint density at radius 3 is 3.07 bits per heavy atom. The first-order chi connectivity index (χ1) is 13.2. The molecular formula is C21H25N3O2S. The third kappa shape index (κ3) is 3.21. The Morgan fingerprint density at radius 2 is 2.33 bits per heavy atom. The first-order valence-corrected chi connectivity index (χ1v) is 10.3. The number of carbonyl (C=O) groups excluding carboxylic acids is 1. The van der Waals surface area contributed by atoms with Crippen LogP contribution >= 0.6 is 11.8 Å². The lowest BCUT2D eigenvalue weighted by molar-refractivity contribution is 0.136. The molecule has 2 aromatic rings. The number of thioether (sulfide) groups is 1. The highest BCUT2D eigenvalue weighted by molar-refractivity contribution is 8.14. The Morgan fingerprint density at radius 1 is 1.48 bits per heavy atom. The molecule has 142 valence electrons. The van der Waals surface area contributed by atoms with E-state index in [1.165, 1.54) is 11.8 Å². The number of piperidine rings is 1. The molecule has 2 saturated heterocycles. The lowest BCUT2D eigenvalue weighted by Gasteiger charge is -2.39. The summed E-state index contributed by atoms with van der Waals surface area (Å²) >= 11 is 1.44. The summed E-state index contributed by atoms with van der Waals surface area (Å²) in [4.78, 5) is 19.2. The number of benzene rings is 1. The molecule has 0 radical (unpaired) electrons. The summed E-state index contributed by atoms with van der Waals surface area (Å²) in [6.07, 6.45) is 5.77. The van der Waals surface area contributed by atoms with Gasteiger partial charge >= 0.3 is 0 Å². The van der Waals surface area contributed by atoms with Crippen LogP contribution in [0.1, 0.15) is 23.7 Å². The average Bonchev–Trinajstić information content (AvgIpc) is 3.04. The Balaban J connectivity index is 1.72. The smallest absolute Gasteiger partial charge is 0.282 e. The zero-order chi connectivity index (χ0) is 19.0. The van der Waals surface area contributed by atoms with Crippen molar-refractivity contribution in [1.29, 1.82) is 0 Å². The van der Waals surface area contributed by atoms with Gasteiger partial charge in [0.25, 0.3) is 5.24 Å². The van der Waals surface area contributed by atoms with Crippen molar-refractivity contribution >= 4 is 27.9 Å². The number of pyridine rings is 1. The fourth-order valence-corrected chi connectivity index (χ4v) is 5.78. The van der Waals surface area contributed by atoms with E-state index in [1.54, 1.807) is 7.11 Å². The molecule has 0 bridgehead atoms.